The van der Waals surface area contributed by atoms with E-state index < -0.39 is 10.0 Å². The maximum atomic E-state index is 11.4. The topological polar surface area (TPSA) is 46.6 Å². The van der Waals surface area contributed by atoms with Gasteiger partial charge < -0.3 is 4.74 Å². The molecule has 1 fully saturated rings. The Labute approximate surface area is 73.6 Å². The molecule has 1 aliphatic rings. The van der Waals surface area contributed by atoms with Crippen LogP contribution in [0.1, 0.15) is 20.8 Å². The fourth-order valence-electron chi connectivity index (χ4n) is 1.22. The van der Waals surface area contributed by atoms with E-state index in [0.29, 0.717) is 6.54 Å². The monoisotopic (exact) mass is 193 g/mol. The van der Waals surface area contributed by atoms with Crippen molar-refractivity contribution < 1.29 is 13.2 Å². The summed E-state index contributed by atoms with van der Waals surface area (Å²) in [5.41, 5.74) is 0. The van der Waals surface area contributed by atoms with Crippen molar-refractivity contribution in [2.45, 2.75) is 32.9 Å². The van der Waals surface area contributed by atoms with Gasteiger partial charge in [0, 0.05) is 12.6 Å². The summed E-state index contributed by atoms with van der Waals surface area (Å²) in [6, 6.07) is 0.0290. The highest BCUT2D eigenvalue weighted by Crippen LogP contribution is 2.15. The minimum absolute atomic E-state index is 0.0101. The first-order valence-electron chi connectivity index (χ1n) is 4.04. The molecule has 0 bridgehead atoms. The van der Waals surface area contributed by atoms with Crippen LogP contribution in [0.5, 0.6) is 0 Å². The highest BCUT2D eigenvalue weighted by molar-refractivity contribution is 7.89. The molecule has 1 rings (SSSR count). The minimum Gasteiger partial charge on any atom is -0.360 e. The van der Waals surface area contributed by atoms with Crippen LogP contribution < -0.4 is 0 Å². The predicted molar refractivity (Wildman–Crippen MR) is 46.2 cm³/mol. The first-order valence-corrected chi connectivity index (χ1v) is 5.65. The smallest absolute Gasteiger partial charge is 0.238 e. The van der Waals surface area contributed by atoms with Crippen molar-refractivity contribution in [3.63, 3.8) is 0 Å². The third kappa shape index (κ3) is 1.97. The van der Waals surface area contributed by atoms with Crippen LogP contribution in [0.2, 0.25) is 0 Å². The molecule has 1 atom stereocenters. The predicted octanol–water partition coefficient (Wildman–Crippen LogP) is 0.403. The van der Waals surface area contributed by atoms with Gasteiger partial charge in [-0.25, -0.2) is 8.42 Å². The average Bonchev–Trinajstić information content (AvgIpc) is 1.94. The number of rotatable bonds is 1. The molecule has 0 aromatic heterocycles. The number of hydrogen-bond donors (Lipinski definition) is 0. The van der Waals surface area contributed by atoms with Crippen molar-refractivity contribution in [1.82, 2.24) is 4.31 Å². The molecule has 0 aromatic rings. The van der Waals surface area contributed by atoms with Crippen molar-refractivity contribution in [3.05, 3.63) is 0 Å². The lowest BCUT2D eigenvalue weighted by Crippen LogP contribution is -2.48. The Bertz CT molecular complexity index is 247. The third-order valence-corrected chi connectivity index (χ3v) is 3.59. The summed E-state index contributed by atoms with van der Waals surface area (Å²) >= 11 is 0. The minimum atomic E-state index is -3.14. The van der Waals surface area contributed by atoms with Gasteiger partial charge in [-0.2, -0.15) is 4.31 Å². The zero-order chi connectivity index (χ0) is 9.35. The lowest BCUT2D eigenvalue weighted by Gasteiger charge is -2.33. The van der Waals surface area contributed by atoms with Gasteiger partial charge >= 0.3 is 0 Å². The van der Waals surface area contributed by atoms with Crippen LogP contribution in [-0.4, -0.2) is 37.4 Å². The van der Waals surface area contributed by atoms with Gasteiger partial charge in [-0.15, -0.1) is 0 Å². The molecule has 12 heavy (non-hydrogen) atoms. The van der Waals surface area contributed by atoms with E-state index in [-0.39, 0.29) is 18.1 Å². The van der Waals surface area contributed by atoms with Crippen LogP contribution in [0.4, 0.5) is 0 Å². The molecule has 0 radical (unpaired) electrons. The Hall–Kier alpha value is -0.130. The van der Waals surface area contributed by atoms with E-state index in [1.807, 2.05) is 20.8 Å². The second-order valence-electron chi connectivity index (χ2n) is 3.37. The standard InChI is InChI=1S/C7H15NO3S/c1-6(2)8-4-7(3)11-5-12(8,9)10/h6-7H,4-5H2,1-3H3/t7-/m0/s1. The van der Waals surface area contributed by atoms with Crippen molar-refractivity contribution in [3.8, 4) is 0 Å². The number of ether oxygens (including phenoxy) is 1. The molecular weight excluding hydrogens is 178 g/mol. The Morgan fingerprint density at radius 2 is 2.08 bits per heavy atom. The van der Waals surface area contributed by atoms with E-state index in [2.05, 4.69) is 0 Å². The fourth-order valence-corrected chi connectivity index (χ4v) is 2.84. The molecule has 72 valence electrons. The quantitative estimate of drug-likeness (QED) is 0.605. The fraction of sp³-hybridized carbons (Fsp3) is 1.00. The SMILES string of the molecule is CC(C)N1C[C@H](C)OCS1(=O)=O. The molecule has 4 nitrogen and oxygen atoms in total. The van der Waals surface area contributed by atoms with Gasteiger partial charge in [0.2, 0.25) is 10.0 Å². The van der Waals surface area contributed by atoms with E-state index in [0.717, 1.165) is 0 Å². The molecule has 1 saturated heterocycles. The number of hydrogen-bond acceptors (Lipinski definition) is 3. The number of sulfonamides is 1. The van der Waals surface area contributed by atoms with Gasteiger partial charge in [-0.1, -0.05) is 0 Å². The van der Waals surface area contributed by atoms with E-state index in [9.17, 15) is 8.42 Å². The van der Waals surface area contributed by atoms with Gasteiger partial charge in [0.15, 0.2) is 5.94 Å². The van der Waals surface area contributed by atoms with Crippen LogP contribution in [0.3, 0.4) is 0 Å². The van der Waals surface area contributed by atoms with E-state index >= 15 is 0 Å². The molecule has 0 spiro atoms. The largest absolute Gasteiger partial charge is 0.360 e. The van der Waals surface area contributed by atoms with Crippen LogP contribution >= 0.6 is 0 Å². The molecule has 0 amide bonds. The zero-order valence-corrected chi connectivity index (χ0v) is 8.47. The molecule has 1 aliphatic heterocycles. The third-order valence-electron chi connectivity index (χ3n) is 1.87. The number of nitrogens with zero attached hydrogens (tertiary/aromatic N) is 1. The Kier molecular flexibility index (Phi) is 2.75. The lowest BCUT2D eigenvalue weighted by atomic mass is 10.3. The molecular formula is C7H15NO3S. The van der Waals surface area contributed by atoms with E-state index in [4.69, 9.17) is 4.74 Å². The molecule has 5 heteroatoms. The summed E-state index contributed by atoms with van der Waals surface area (Å²) in [7, 11) is -3.14. The second-order valence-corrected chi connectivity index (χ2v) is 5.24. The molecule has 1 heterocycles. The van der Waals surface area contributed by atoms with Crippen molar-refractivity contribution in [1.29, 1.82) is 0 Å². The summed E-state index contributed by atoms with van der Waals surface area (Å²) in [6.07, 6.45) is 0.0101. The van der Waals surface area contributed by atoms with Gasteiger partial charge in [0.05, 0.1) is 6.10 Å². The molecule has 0 unspecified atom stereocenters. The van der Waals surface area contributed by atoms with Crippen molar-refractivity contribution >= 4 is 10.0 Å². The van der Waals surface area contributed by atoms with Gasteiger partial charge in [-0.3, -0.25) is 0 Å². The maximum Gasteiger partial charge on any atom is 0.238 e. The Morgan fingerprint density at radius 3 is 2.50 bits per heavy atom. The molecule has 0 aliphatic carbocycles. The second kappa shape index (κ2) is 3.32. The molecule has 0 saturated carbocycles. The maximum absolute atomic E-state index is 11.4. The highest BCUT2D eigenvalue weighted by atomic mass is 32.2. The van der Waals surface area contributed by atoms with Crippen LogP contribution in [-0.2, 0) is 14.8 Å². The summed E-state index contributed by atoms with van der Waals surface area (Å²) in [5.74, 6) is -0.174. The highest BCUT2D eigenvalue weighted by Gasteiger charge is 2.31. The van der Waals surface area contributed by atoms with Crippen molar-refractivity contribution in [2.24, 2.45) is 0 Å². The molecule has 0 N–H and O–H groups in total. The first kappa shape index (κ1) is 9.95. The summed E-state index contributed by atoms with van der Waals surface area (Å²) in [4.78, 5) is 0. The summed E-state index contributed by atoms with van der Waals surface area (Å²) < 4.78 is 29.3. The van der Waals surface area contributed by atoms with E-state index in [1.165, 1.54) is 4.31 Å². The lowest BCUT2D eigenvalue weighted by molar-refractivity contribution is 0.0544. The Morgan fingerprint density at radius 1 is 1.50 bits per heavy atom. The zero-order valence-electron chi connectivity index (χ0n) is 7.65. The van der Waals surface area contributed by atoms with Crippen molar-refractivity contribution in [2.75, 3.05) is 12.5 Å². The van der Waals surface area contributed by atoms with Gasteiger partial charge in [-0.05, 0) is 20.8 Å². The van der Waals surface area contributed by atoms with Gasteiger partial charge in [0.25, 0.3) is 0 Å². The average molecular weight is 193 g/mol. The van der Waals surface area contributed by atoms with Crippen LogP contribution in [0.25, 0.3) is 0 Å². The molecule has 0 aromatic carbocycles. The van der Waals surface area contributed by atoms with Crippen LogP contribution in [0, 0.1) is 0 Å². The summed E-state index contributed by atoms with van der Waals surface area (Å²) in [5, 5.41) is 0. The Balaban J connectivity index is 2.80. The van der Waals surface area contributed by atoms with E-state index in [1.54, 1.807) is 0 Å². The van der Waals surface area contributed by atoms with Gasteiger partial charge in [0.1, 0.15) is 0 Å². The normalized spacial score (nSPS) is 30.8. The van der Waals surface area contributed by atoms with Crippen LogP contribution in [0.15, 0.2) is 0 Å². The first-order chi connectivity index (χ1) is 5.43. The summed E-state index contributed by atoms with van der Waals surface area (Å²) in [6.45, 7) is 6.09.